The number of carbonyl (C=O) groups is 2. The number of aliphatic carboxylic acids is 2. The molecule has 174 valence electrons. The summed E-state index contributed by atoms with van der Waals surface area (Å²) in [5, 5.41) is 18.5. The lowest BCUT2D eigenvalue weighted by Gasteiger charge is -2.18. The van der Waals surface area contributed by atoms with Gasteiger partial charge in [-0.15, -0.1) is 0 Å². The molecule has 2 rings (SSSR count). The molecule has 0 bridgehead atoms. The van der Waals surface area contributed by atoms with Crippen molar-refractivity contribution in [3.63, 3.8) is 0 Å². The van der Waals surface area contributed by atoms with Crippen molar-refractivity contribution in [3.05, 3.63) is 34.4 Å². The van der Waals surface area contributed by atoms with Gasteiger partial charge in [-0.05, 0) is 101 Å². The van der Waals surface area contributed by atoms with E-state index in [4.69, 9.17) is 0 Å². The first-order valence-corrected chi connectivity index (χ1v) is 12.1. The van der Waals surface area contributed by atoms with Crippen molar-refractivity contribution in [2.45, 2.75) is 111 Å². The van der Waals surface area contributed by atoms with E-state index >= 15 is 0 Å². The van der Waals surface area contributed by atoms with Gasteiger partial charge < -0.3 is 10.2 Å². The fraction of sp³-hybridized carbons (Fsp3) is 0.704. The molecule has 31 heavy (non-hydrogen) atoms. The van der Waals surface area contributed by atoms with Crippen molar-refractivity contribution in [1.29, 1.82) is 0 Å². The Morgan fingerprint density at radius 1 is 0.903 bits per heavy atom. The molecule has 0 amide bonds. The number of carboxylic acid groups (broad SMARTS) is 2. The number of rotatable bonds is 15. The van der Waals surface area contributed by atoms with E-state index in [1.807, 2.05) is 13.8 Å². The zero-order valence-electron chi connectivity index (χ0n) is 20.1. The van der Waals surface area contributed by atoms with Gasteiger partial charge in [0.05, 0.1) is 10.8 Å². The molecule has 1 aliphatic rings. The highest BCUT2D eigenvalue weighted by atomic mass is 16.4. The minimum atomic E-state index is -0.706. The molecule has 1 aliphatic carbocycles. The molecule has 0 spiro atoms. The minimum absolute atomic E-state index is 0.384. The molecule has 0 heterocycles. The van der Waals surface area contributed by atoms with Crippen LogP contribution in [0.2, 0.25) is 0 Å². The first-order valence-electron chi connectivity index (χ1n) is 12.1. The molecule has 1 aromatic carbocycles. The molecule has 0 saturated heterocycles. The van der Waals surface area contributed by atoms with Gasteiger partial charge in [0.25, 0.3) is 0 Å². The van der Waals surface area contributed by atoms with Crippen LogP contribution in [0, 0.1) is 24.7 Å². The second-order valence-electron chi connectivity index (χ2n) is 10.4. The quantitative estimate of drug-likeness (QED) is 0.298. The maximum Gasteiger partial charge on any atom is 0.309 e. The van der Waals surface area contributed by atoms with E-state index in [0.717, 1.165) is 83.5 Å². The predicted octanol–water partition coefficient (Wildman–Crippen LogP) is 6.87. The summed E-state index contributed by atoms with van der Waals surface area (Å²) in [7, 11) is 0. The Bertz CT molecular complexity index is 759. The van der Waals surface area contributed by atoms with Crippen LogP contribution in [0.5, 0.6) is 0 Å². The van der Waals surface area contributed by atoms with Crippen LogP contribution in [-0.2, 0) is 22.4 Å². The molecule has 1 aromatic rings. The highest BCUT2D eigenvalue weighted by Gasteiger charge is 2.49. The summed E-state index contributed by atoms with van der Waals surface area (Å²) in [5.74, 6) is -1.31. The summed E-state index contributed by atoms with van der Waals surface area (Å²) >= 11 is 0. The first-order chi connectivity index (χ1) is 14.6. The molecule has 2 N–H and O–H groups in total. The lowest BCUT2D eigenvalue weighted by atomic mass is 9.86. The molecule has 1 saturated carbocycles. The number of hydrogen-bond acceptors (Lipinski definition) is 2. The third-order valence-corrected chi connectivity index (χ3v) is 7.43. The fourth-order valence-corrected chi connectivity index (χ4v) is 4.52. The number of aryl methyl sites for hydroxylation is 2. The Labute approximate surface area is 188 Å². The van der Waals surface area contributed by atoms with Gasteiger partial charge in [0, 0.05) is 0 Å². The number of unbranched alkanes of at least 4 members (excludes halogenated alkanes) is 5. The number of hydrogen-bond donors (Lipinski definition) is 2. The molecular formula is C27H42O4. The number of benzene rings is 1. The van der Waals surface area contributed by atoms with Crippen molar-refractivity contribution >= 4 is 11.9 Å². The molecule has 0 radical (unpaired) electrons. The molecule has 0 aromatic heterocycles. The van der Waals surface area contributed by atoms with Gasteiger partial charge in [-0.1, -0.05) is 44.2 Å². The Balaban J connectivity index is 1.76. The van der Waals surface area contributed by atoms with E-state index in [1.54, 1.807) is 0 Å². The zero-order valence-corrected chi connectivity index (χ0v) is 20.1. The SMILES string of the molecule is Cc1ccc(CCCCCC2(C(=O)O)CC2)c(CCCCCCC(C)(C)C(=O)O)c1C. The van der Waals surface area contributed by atoms with Crippen molar-refractivity contribution in [1.82, 2.24) is 0 Å². The van der Waals surface area contributed by atoms with Crippen molar-refractivity contribution in [3.8, 4) is 0 Å². The van der Waals surface area contributed by atoms with Crippen LogP contribution in [0.3, 0.4) is 0 Å². The van der Waals surface area contributed by atoms with E-state index in [9.17, 15) is 19.8 Å². The standard InChI is InChI=1S/C27H42O4/c1-20-14-15-22(12-8-7-11-17-27(18-19-27)25(30)31)23(21(20)2)13-9-5-6-10-16-26(3,4)24(28)29/h14-15H,5-13,16-19H2,1-4H3,(H,28,29)(H,30,31). The molecular weight excluding hydrogens is 388 g/mol. The van der Waals surface area contributed by atoms with Crippen LogP contribution in [-0.4, -0.2) is 22.2 Å². The summed E-state index contributed by atoms with van der Waals surface area (Å²) in [5.41, 5.74) is 4.70. The van der Waals surface area contributed by atoms with Crippen molar-refractivity contribution < 1.29 is 19.8 Å². The monoisotopic (exact) mass is 430 g/mol. The van der Waals surface area contributed by atoms with Crippen LogP contribution >= 0.6 is 0 Å². The third kappa shape index (κ3) is 7.36. The normalized spacial score (nSPS) is 15.1. The van der Waals surface area contributed by atoms with E-state index in [-0.39, 0.29) is 5.41 Å². The molecule has 4 nitrogen and oxygen atoms in total. The second-order valence-corrected chi connectivity index (χ2v) is 10.4. The smallest absolute Gasteiger partial charge is 0.309 e. The van der Waals surface area contributed by atoms with Crippen LogP contribution in [0.4, 0.5) is 0 Å². The number of carboxylic acids is 2. The van der Waals surface area contributed by atoms with E-state index in [0.29, 0.717) is 0 Å². The summed E-state index contributed by atoms with van der Waals surface area (Å²) in [6, 6.07) is 4.51. The maximum atomic E-state index is 11.3. The van der Waals surface area contributed by atoms with Gasteiger partial charge in [0.1, 0.15) is 0 Å². The first kappa shape index (κ1) is 25.4. The second kappa shape index (κ2) is 11.2. The van der Waals surface area contributed by atoms with E-state index in [2.05, 4.69) is 26.0 Å². The Kier molecular flexibility index (Phi) is 9.14. The predicted molar refractivity (Wildman–Crippen MR) is 126 cm³/mol. The highest BCUT2D eigenvalue weighted by Crippen LogP contribution is 2.50. The zero-order chi connectivity index (χ0) is 23.1. The maximum absolute atomic E-state index is 11.3. The Hall–Kier alpha value is -1.84. The fourth-order valence-electron chi connectivity index (χ4n) is 4.52. The average Bonchev–Trinajstić information content (AvgIpc) is 3.49. The Morgan fingerprint density at radius 3 is 2.13 bits per heavy atom. The molecule has 4 heteroatoms. The highest BCUT2D eigenvalue weighted by molar-refractivity contribution is 5.77. The summed E-state index contributed by atoms with van der Waals surface area (Å²) in [4.78, 5) is 22.5. The van der Waals surface area contributed by atoms with E-state index < -0.39 is 17.4 Å². The lowest BCUT2D eigenvalue weighted by molar-refractivity contribution is -0.147. The van der Waals surface area contributed by atoms with Gasteiger partial charge in [0.15, 0.2) is 0 Å². The third-order valence-electron chi connectivity index (χ3n) is 7.43. The summed E-state index contributed by atoms with van der Waals surface area (Å²) in [6.45, 7) is 8.03. The van der Waals surface area contributed by atoms with E-state index in [1.165, 1.54) is 22.3 Å². The van der Waals surface area contributed by atoms with Gasteiger partial charge >= 0.3 is 11.9 Å². The largest absolute Gasteiger partial charge is 0.481 e. The molecule has 0 aliphatic heterocycles. The van der Waals surface area contributed by atoms with Gasteiger partial charge in [-0.2, -0.15) is 0 Å². The van der Waals surface area contributed by atoms with Crippen molar-refractivity contribution in [2.24, 2.45) is 10.8 Å². The van der Waals surface area contributed by atoms with Crippen LogP contribution in [0.25, 0.3) is 0 Å². The minimum Gasteiger partial charge on any atom is -0.481 e. The molecule has 1 fully saturated rings. The Morgan fingerprint density at radius 2 is 1.52 bits per heavy atom. The summed E-state index contributed by atoms with van der Waals surface area (Å²) < 4.78 is 0. The van der Waals surface area contributed by atoms with Crippen LogP contribution in [0.15, 0.2) is 12.1 Å². The molecule has 0 unspecified atom stereocenters. The van der Waals surface area contributed by atoms with Gasteiger partial charge in [-0.3, -0.25) is 9.59 Å². The topological polar surface area (TPSA) is 74.6 Å². The van der Waals surface area contributed by atoms with Gasteiger partial charge in [0.2, 0.25) is 0 Å². The summed E-state index contributed by atoms with van der Waals surface area (Å²) in [6.07, 6.45) is 13.0. The van der Waals surface area contributed by atoms with Crippen LogP contribution < -0.4 is 0 Å². The molecule has 0 atom stereocenters. The van der Waals surface area contributed by atoms with Crippen LogP contribution in [0.1, 0.15) is 107 Å². The lowest BCUT2D eigenvalue weighted by Crippen LogP contribution is -2.23. The van der Waals surface area contributed by atoms with Crippen molar-refractivity contribution in [2.75, 3.05) is 0 Å². The average molecular weight is 431 g/mol. The van der Waals surface area contributed by atoms with Gasteiger partial charge in [-0.25, -0.2) is 0 Å².